The largest absolute Gasteiger partial charge is 0.342 e. The Kier molecular flexibility index (Phi) is 4.47. The molecular weight excluding hydrogens is 244 g/mol. The normalized spacial score (nSPS) is 13.6. The molecule has 98 valence electrons. The van der Waals surface area contributed by atoms with E-state index in [0.29, 0.717) is 5.95 Å². The van der Waals surface area contributed by atoms with Gasteiger partial charge in [0.1, 0.15) is 9.84 Å². The molecule has 17 heavy (non-hydrogen) atoms. The quantitative estimate of drug-likeness (QED) is 0.767. The van der Waals surface area contributed by atoms with E-state index in [-0.39, 0.29) is 18.1 Å². The number of hydrogen-bond donors (Lipinski definition) is 1. The van der Waals surface area contributed by atoms with Gasteiger partial charge in [-0.3, -0.25) is 0 Å². The van der Waals surface area contributed by atoms with Crippen molar-refractivity contribution in [3.05, 3.63) is 5.89 Å². The highest BCUT2D eigenvalue weighted by Gasteiger charge is 2.17. The molecule has 0 aliphatic heterocycles. The first kappa shape index (κ1) is 13.9. The van der Waals surface area contributed by atoms with Crippen molar-refractivity contribution in [2.45, 2.75) is 19.4 Å². The molecule has 0 aromatic carbocycles. The van der Waals surface area contributed by atoms with Gasteiger partial charge in [0.15, 0.2) is 0 Å². The maximum Gasteiger partial charge on any atom is 0.265 e. The fraction of sp³-hybridized carbons (Fsp3) is 0.778. The molecule has 1 atom stereocenters. The molecule has 0 saturated heterocycles. The summed E-state index contributed by atoms with van der Waals surface area (Å²) in [6.45, 7) is 2.71. The number of sulfone groups is 1. The molecule has 1 unspecified atom stereocenters. The summed E-state index contributed by atoms with van der Waals surface area (Å²) >= 11 is 0. The first-order valence-electron chi connectivity index (χ1n) is 5.31. The standard InChI is InChI=1S/C9H18N4O3S/c1-4-13(2)9-11-8(16-12-9)7(10)5-6-17(3,14)15/h7H,4-6,10H2,1-3H3. The number of aromatic nitrogens is 2. The Labute approximate surface area is 101 Å². The summed E-state index contributed by atoms with van der Waals surface area (Å²) in [5.74, 6) is 0.733. The molecule has 0 aliphatic rings. The van der Waals surface area contributed by atoms with Crippen LogP contribution in [0.5, 0.6) is 0 Å². The van der Waals surface area contributed by atoms with Crippen molar-refractivity contribution in [3.8, 4) is 0 Å². The van der Waals surface area contributed by atoms with Crippen LogP contribution in [0.25, 0.3) is 0 Å². The fourth-order valence-electron chi connectivity index (χ4n) is 1.14. The van der Waals surface area contributed by atoms with Crippen LogP contribution in [0.3, 0.4) is 0 Å². The number of anilines is 1. The third kappa shape index (κ3) is 4.31. The summed E-state index contributed by atoms with van der Waals surface area (Å²) in [5, 5.41) is 3.76. The minimum Gasteiger partial charge on any atom is -0.342 e. The van der Waals surface area contributed by atoms with Gasteiger partial charge >= 0.3 is 0 Å². The van der Waals surface area contributed by atoms with E-state index in [1.165, 1.54) is 6.26 Å². The summed E-state index contributed by atoms with van der Waals surface area (Å²) in [7, 11) is -1.19. The zero-order valence-corrected chi connectivity index (χ0v) is 11.1. The van der Waals surface area contributed by atoms with Crippen molar-refractivity contribution in [3.63, 3.8) is 0 Å². The Bertz CT molecular complexity index is 457. The van der Waals surface area contributed by atoms with Crippen LogP contribution in [-0.2, 0) is 9.84 Å². The highest BCUT2D eigenvalue weighted by molar-refractivity contribution is 7.90. The molecule has 8 heteroatoms. The molecule has 2 N–H and O–H groups in total. The van der Waals surface area contributed by atoms with E-state index in [0.717, 1.165) is 6.54 Å². The Morgan fingerprint density at radius 3 is 2.71 bits per heavy atom. The monoisotopic (exact) mass is 262 g/mol. The molecule has 0 amide bonds. The van der Waals surface area contributed by atoms with Gasteiger partial charge in [-0.25, -0.2) is 8.42 Å². The van der Waals surface area contributed by atoms with E-state index in [9.17, 15) is 8.42 Å². The smallest absolute Gasteiger partial charge is 0.265 e. The Morgan fingerprint density at radius 2 is 2.18 bits per heavy atom. The van der Waals surface area contributed by atoms with Crippen LogP contribution in [0, 0.1) is 0 Å². The molecule has 0 saturated carbocycles. The van der Waals surface area contributed by atoms with Crippen molar-refractivity contribution >= 4 is 15.8 Å². The van der Waals surface area contributed by atoms with E-state index >= 15 is 0 Å². The zero-order chi connectivity index (χ0) is 13.1. The predicted molar refractivity (Wildman–Crippen MR) is 64.5 cm³/mol. The topological polar surface area (TPSA) is 102 Å². The summed E-state index contributed by atoms with van der Waals surface area (Å²) in [4.78, 5) is 5.91. The van der Waals surface area contributed by atoms with E-state index in [1.54, 1.807) is 4.90 Å². The molecule has 0 fully saturated rings. The molecule has 1 aromatic rings. The lowest BCUT2D eigenvalue weighted by Crippen LogP contribution is -2.18. The second kappa shape index (κ2) is 5.46. The van der Waals surface area contributed by atoms with Crippen molar-refractivity contribution in [1.82, 2.24) is 10.1 Å². The van der Waals surface area contributed by atoms with Crippen LogP contribution in [0.4, 0.5) is 5.95 Å². The van der Waals surface area contributed by atoms with E-state index in [2.05, 4.69) is 10.1 Å². The molecule has 1 heterocycles. The maximum absolute atomic E-state index is 11.0. The Hall–Kier alpha value is -1.15. The van der Waals surface area contributed by atoms with Crippen molar-refractivity contribution in [2.75, 3.05) is 30.5 Å². The van der Waals surface area contributed by atoms with Crippen LogP contribution in [0.2, 0.25) is 0 Å². The average Bonchev–Trinajstić information content (AvgIpc) is 2.73. The van der Waals surface area contributed by atoms with Crippen LogP contribution >= 0.6 is 0 Å². The van der Waals surface area contributed by atoms with Crippen molar-refractivity contribution in [2.24, 2.45) is 5.73 Å². The number of nitrogens with zero attached hydrogens (tertiary/aromatic N) is 3. The number of hydrogen-bond acceptors (Lipinski definition) is 7. The Balaban J connectivity index is 2.64. The third-order valence-electron chi connectivity index (χ3n) is 2.36. The summed E-state index contributed by atoms with van der Waals surface area (Å²) in [6, 6.07) is -0.545. The van der Waals surface area contributed by atoms with Gasteiger partial charge in [0, 0.05) is 19.8 Å². The minimum atomic E-state index is -3.02. The summed E-state index contributed by atoms with van der Waals surface area (Å²) in [5.41, 5.74) is 5.78. The molecule has 7 nitrogen and oxygen atoms in total. The fourth-order valence-corrected chi connectivity index (χ4v) is 1.82. The third-order valence-corrected chi connectivity index (χ3v) is 3.34. The van der Waals surface area contributed by atoms with Crippen LogP contribution in [0.1, 0.15) is 25.3 Å². The van der Waals surface area contributed by atoms with Crippen molar-refractivity contribution < 1.29 is 12.9 Å². The molecule has 0 aliphatic carbocycles. The van der Waals surface area contributed by atoms with Crippen LogP contribution in [-0.4, -0.2) is 44.2 Å². The van der Waals surface area contributed by atoms with Crippen LogP contribution in [0.15, 0.2) is 4.52 Å². The summed E-state index contributed by atoms with van der Waals surface area (Å²) < 4.78 is 27.0. The molecule has 0 spiro atoms. The minimum absolute atomic E-state index is 0.00942. The number of rotatable bonds is 6. The Morgan fingerprint density at radius 1 is 1.53 bits per heavy atom. The van der Waals surface area contributed by atoms with Gasteiger partial charge in [0.2, 0.25) is 5.89 Å². The summed E-state index contributed by atoms with van der Waals surface area (Å²) in [6.07, 6.45) is 1.44. The molecule has 1 rings (SSSR count). The lowest BCUT2D eigenvalue weighted by molar-refractivity contribution is 0.352. The molecule has 0 bridgehead atoms. The average molecular weight is 262 g/mol. The highest BCUT2D eigenvalue weighted by atomic mass is 32.2. The first-order chi connectivity index (χ1) is 7.83. The lowest BCUT2D eigenvalue weighted by atomic mass is 10.2. The highest BCUT2D eigenvalue weighted by Crippen LogP contribution is 2.15. The van der Waals surface area contributed by atoms with Crippen LogP contribution < -0.4 is 10.6 Å². The second-order valence-corrected chi connectivity index (χ2v) is 6.23. The van der Waals surface area contributed by atoms with Gasteiger partial charge in [0.05, 0.1) is 11.8 Å². The predicted octanol–water partition coefficient (Wildman–Crippen LogP) is -0.0398. The molecule has 0 radical (unpaired) electrons. The van der Waals surface area contributed by atoms with Gasteiger partial charge in [-0.2, -0.15) is 4.98 Å². The zero-order valence-electron chi connectivity index (χ0n) is 10.3. The van der Waals surface area contributed by atoms with Gasteiger partial charge < -0.3 is 15.2 Å². The first-order valence-corrected chi connectivity index (χ1v) is 7.37. The SMILES string of the molecule is CCN(C)c1noc(C(N)CCS(C)(=O)=O)n1. The van der Waals surface area contributed by atoms with Gasteiger partial charge in [-0.1, -0.05) is 0 Å². The molecular formula is C9H18N4O3S. The maximum atomic E-state index is 11.0. The van der Waals surface area contributed by atoms with Gasteiger partial charge in [0.25, 0.3) is 5.95 Å². The van der Waals surface area contributed by atoms with E-state index < -0.39 is 15.9 Å². The molecule has 1 aromatic heterocycles. The van der Waals surface area contributed by atoms with Gasteiger partial charge in [-0.15, -0.1) is 0 Å². The van der Waals surface area contributed by atoms with E-state index in [4.69, 9.17) is 10.3 Å². The van der Waals surface area contributed by atoms with E-state index in [1.807, 2.05) is 14.0 Å². The second-order valence-electron chi connectivity index (χ2n) is 3.97. The van der Waals surface area contributed by atoms with Crippen molar-refractivity contribution in [1.29, 1.82) is 0 Å². The lowest BCUT2D eigenvalue weighted by Gasteiger charge is -2.09. The van der Waals surface area contributed by atoms with Gasteiger partial charge in [-0.05, 0) is 18.5 Å². The number of nitrogens with two attached hydrogens (primary N) is 1.